The zero-order chi connectivity index (χ0) is 33.6. The third kappa shape index (κ3) is 11.1. The van der Waals surface area contributed by atoms with Gasteiger partial charge >= 0.3 is 0 Å². The maximum Gasteiger partial charge on any atom is 0.262 e. The number of amides is 3. The van der Waals surface area contributed by atoms with Gasteiger partial charge in [0.25, 0.3) is 17.7 Å². The van der Waals surface area contributed by atoms with Crippen molar-refractivity contribution in [2.45, 2.75) is 32.4 Å². The summed E-state index contributed by atoms with van der Waals surface area (Å²) < 4.78 is 17.1. The topological polar surface area (TPSA) is 127 Å². The van der Waals surface area contributed by atoms with Crippen molar-refractivity contribution in [2.24, 2.45) is 5.10 Å². The lowest BCUT2D eigenvalue weighted by Crippen LogP contribution is -2.50. The van der Waals surface area contributed by atoms with Gasteiger partial charge in [0.2, 0.25) is 0 Å². The highest BCUT2D eigenvalue weighted by atomic mass is 35.5. The molecule has 0 bridgehead atoms. The van der Waals surface area contributed by atoms with E-state index in [0.29, 0.717) is 34.4 Å². The number of hydrazone groups is 1. The van der Waals surface area contributed by atoms with Crippen LogP contribution in [0.1, 0.15) is 25.0 Å². The van der Waals surface area contributed by atoms with Gasteiger partial charge in [0.05, 0.1) is 17.8 Å². The van der Waals surface area contributed by atoms with Gasteiger partial charge in [0.1, 0.15) is 11.8 Å². The number of para-hydroxylation sites is 1. The second-order valence-electron chi connectivity index (χ2n) is 10.2. The summed E-state index contributed by atoms with van der Waals surface area (Å²) in [6.07, 6.45) is 0.674. The molecule has 0 radical (unpaired) electrons. The molecule has 10 nitrogen and oxygen atoms in total. The highest BCUT2D eigenvalue weighted by Gasteiger charge is 2.25. The number of carbonyl (C=O) groups is 3. The first kappa shape index (κ1) is 34.8. The van der Waals surface area contributed by atoms with E-state index in [1.54, 1.807) is 49.4 Å². The summed E-state index contributed by atoms with van der Waals surface area (Å²) in [5.74, 6) is -0.322. The first-order chi connectivity index (χ1) is 22.7. The molecular formula is C35H34Cl2N4O6. The minimum absolute atomic E-state index is 0.209. The van der Waals surface area contributed by atoms with E-state index in [0.717, 1.165) is 5.56 Å². The Morgan fingerprint density at radius 1 is 0.830 bits per heavy atom. The number of benzene rings is 4. The predicted molar refractivity (Wildman–Crippen MR) is 183 cm³/mol. The molecule has 0 spiro atoms. The van der Waals surface area contributed by atoms with Crippen LogP contribution in [0.15, 0.2) is 102 Å². The molecule has 0 saturated heterocycles. The third-order valence-electron chi connectivity index (χ3n) is 6.55. The van der Waals surface area contributed by atoms with Crippen LogP contribution in [0, 0.1) is 0 Å². The molecule has 244 valence electrons. The lowest BCUT2D eigenvalue weighted by Gasteiger charge is -2.21. The molecule has 0 aromatic heterocycles. The van der Waals surface area contributed by atoms with E-state index in [-0.39, 0.29) is 29.7 Å². The third-order valence-corrected chi connectivity index (χ3v) is 7.09. The molecule has 47 heavy (non-hydrogen) atoms. The predicted octanol–water partition coefficient (Wildman–Crippen LogP) is 6.05. The fourth-order valence-corrected chi connectivity index (χ4v) is 4.72. The molecule has 3 amide bonds. The van der Waals surface area contributed by atoms with E-state index in [1.807, 2.05) is 55.5 Å². The van der Waals surface area contributed by atoms with E-state index >= 15 is 0 Å². The number of ether oxygens (including phenoxy) is 3. The molecule has 0 fully saturated rings. The van der Waals surface area contributed by atoms with Gasteiger partial charge in [0, 0.05) is 17.1 Å². The van der Waals surface area contributed by atoms with Crippen LogP contribution in [0.4, 0.5) is 5.69 Å². The summed E-state index contributed by atoms with van der Waals surface area (Å²) in [7, 11) is 0. The van der Waals surface area contributed by atoms with Gasteiger partial charge < -0.3 is 24.8 Å². The van der Waals surface area contributed by atoms with Crippen LogP contribution >= 0.6 is 23.2 Å². The Bertz CT molecular complexity index is 1690. The summed E-state index contributed by atoms with van der Waals surface area (Å²) in [4.78, 5) is 38.6. The van der Waals surface area contributed by atoms with Crippen molar-refractivity contribution in [1.82, 2.24) is 10.7 Å². The zero-order valence-electron chi connectivity index (χ0n) is 25.7. The SMILES string of the molecule is CCOc1cc(/C=N\NC(=O)[C@@H](Cc2ccccc2)NC(=O)[C@H](C)Oc2ccc(Cl)cc2Cl)ccc1OCC(=O)Nc1ccccc1. The summed E-state index contributed by atoms with van der Waals surface area (Å²) in [6, 6.07) is 27.1. The monoisotopic (exact) mass is 676 g/mol. The van der Waals surface area contributed by atoms with Crippen LogP contribution in [0.5, 0.6) is 17.2 Å². The average molecular weight is 678 g/mol. The van der Waals surface area contributed by atoms with Crippen molar-refractivity contribution >= 4 is 52.8 Å². The molecule has 0 aliphatic heterocycles. The number of rotatable bonds is 15. The molecule has 4 rings (SSSR count). The van der Waals surface area contributed by atoms with Crippen molar-refractivity contribution in [2.75, 3.05) is 18.5 Å². The number of hydrogen-bond donors (Lipinski definition) is 3. The number of hydrogen-bond acceptors (Lipinski definition) is 7. The van der Waals surface area contributed by atoms with E-state index < -0.39 is 24.0 Å². The first-order valence-electron chi connectivity index (χ1n) is 14.7. The van der Waals surface area contributed by atoms with Crippen molar-refractivity contribution < 1.29 is 28.6 Å². The molecule has 0 unspecified atom stereocenters. The largest absolute Gasteiger partial charge is 0.490 e. The summed E-state index contributed by atoms with van der Waals surface area (Å²) in [5, 5.41) is 10.3. The maximum absolute atomic E-state index is 13.3. The molecule has 12 heteroatoms. The summed E-state index contributed by atoms with van der Waals surface area (Å²) in [6.45, 7) is 3.51. The molecule has 0 aliphatic carbocycles. The van der Waals surface area contributed by atoms with Gasteiger partial charge in [-0.25, -0.2) is 5.43 Å². The fraction of sp³-hybridized carbons (Fsp3) is 0.200. The van der Waals surface area contributed by atoms with Gasteiger partial charge in [-0.3, -0.25) is 14.4 Å². The smallest absolute Gasteiger partial charge is 0.262 e. The number of halogens is 2. The lowest BCUT2D eigenvalue weighted by atomic mass is 10.1. The highest BCUT2D eigenvalue weighted by Crippen LogP contribution is 2.29. The highest BCUT2D eigenvalue weighted by molar-refractivity contribution is 6.35. The normalized spacial score (nSPS) is 12.1. The maximum atomic E-state index is 13.3. The van der Waals surface area contributed by atoms with Crippen LogP contribution in [0.3, 0.4) is 0 Å². The van der Waals surface area contributed by atoms with Crippen molar-refractivity contribution in [3.63, 3.8) is 0 Å². The standard InChI is InChI=1S/C35H34Cl2N4O6/c1-3-45-32-19-25(14-16-31(32)46-22-33(42)39-27-12-8-5-9-13-27)21-38-41-35(44)29(18-24-10-6-4-7-11-24)40-34(43)23(2)47-30-17-15-26(36)20-28(30)37/h4-17,19-21,23,29H,3,18,22H2,1-2H3,(H,39,42)(H,40,43)(H,41,44)/b38-21-/t23-,29+/m0/s1. The Balaban J connectivity index is 1.39. The number of carbonyl (C=O) groups excluding carboxylic acids is 3. The number of nitrogens with one attached hydrogen (secondary N) is 3. The van der Waals surface area contributed by atoms with Crippen LogP contribution in [0.25, 0.3) is 0 Å². The van der Waals surface area contributed by atoms with E-state index in [1.165, 1.54) is 12.3 Å². The molecule has 0 saturated carbocycles. The number of anilines is 1. The van der Waals surface area contributed by atoms with Crippen molar-refractivity contribution in [3.8, 4) is 17.2 Å². The molecule has 3 N–H and O–H groups in total. The number of nitrogens with zero attached hydrogens (tertiary/aromatic N) is 1. The van der Waals surface area contributed by atoms with Crippen LogP contribution in [0.2, 0.25) is 10.0 Å². The molecular weight excluding hydrogens is 643 g/mol. The molecule has 0 aliphatic rings. The molecule has 0 heterocycles. The van der Waals surface area contributed by atoms with E-state index in [2.05, 4.69) is 21.2 Å². The van der Waals surface area contributed by atoms with Crippen molar-refractivity contribution in [1.29, 1.82) is 0 Å². The second kappa shape index (κ2) is 17.6. The van der Waals surface area contributed by atoms with Crippen LogP contribution in [-0.2, 0) is 20.8 Å². The van der Waals surface area contributed by atoms with Crippen LogP contribution < -0.4 is 30.3 Å². The molecule has 4 aromatic carbocycles. The summed E-state index contributed by atoms with van der Waals surface area (Å²) in [5.41, 5.74) is 4.60. The average Bonchev–Trinajstić information content (AvgIpc) is 3.06. The lowest BCUT2D eigenvalue weighted by molar-refractivity contribution is -0.132. The fourth-order valence-electron chi connectivity index (χ4n) is 4.27. The Morgan fingerprint density at radius 2 is 1.53 bits per heavy atom. The zero-order valence-corrected chi connectivity index (χ0v) is 27.3. The van der Waals surface area contributed by atoms with Gasteiger partial charge in [-0.05, 0) is 73.5 Å². The molecule has 2 atom stereocenters. The summed E-state index contributed by atoms with van der Waals surface area (Å²) >= 11 is 12.1. The van der Waals surface area contributed by atoms with E-state index in [9.17, 15) is 14.4 Å². The Hall–Kier alpha value is -5.06. The van der Waals surface area contributed by atoms with Gasteiger partial charge in [-0.2, -0.15) is 5.10 Å². The van der Waals surface area contributed by atoms with Gasteiger partial charge in [-0.15, -0.1) is 0 Å². The molecule has 4 aromatic rings. The Labute approximate surface area is 283 Å². The minimum atomic E-state index is -0.967. The van der Waals surface area contributed by atoms with E-state index in [4.69, 9.17) is 37.4 Å². The Morgan fingerprint density at radius 3 is 2.23 bits per heavy atom. The van der Waals surface area contributed by atoms with Crippen LogP contribution in [-0.4, -0.2) is 49.3 Å². The van der Waals surface area contributed by atoms with Gasteiger partial charge in [-0.1, -0.05) is 71.7 Å². The van der Waals surface area contributed by atoms with Gasteiger partial charge in [0.15, 0.2) is 24.2 Å². The first-order valence-corrected chi connectivity index (χ1v) is 15.5. The Kier molecular flexibility index (Phi) is 13.0. The minimum Gasteiger partial charge on any atom is -0.490 e. The quantitative estimate of drug-likeness (QED) is 0.104. The second-order valence-corrected chi connectivity index (χ2v) is 11.0. The van der Waals surface area contributed by atoms with Crippen molar-refractivity contribution in [3.05, 3.63) is 118 Å².